The van der Waals surface area contributed by atoms with Crippen molar-refractivity contribution in [3.05, 3.63) is 42.1 Å². The number of aromatic amines is 1. The molecule has 0 spiro atoms. The van der Waals surface area contributed by atoms with Crippen molar-refractivity contribution in [1.29, 1.82) is 0 Å². The molecule has 0 aliphatic heterocycles. The summed E-state index contributed by atoms with van der Waals surface area (Å²) in [7, 11) is 0. The fourth-order valence-electron chi connectivity index (χ4n) is 1.97. The van der Waals surface area contributed by atoms with Gasteiger partial charge in [-0.3, -0.25) is 0 Å². The molecule has 0 amide bonds. The molecule has 1 heteroatoms. The molecule has 0 saturated heterocycles. The first-order valence-electron chi connectivity index (χ1n) is 6.14. The van der Waals surface area contributed by atoms with E-state index in [0.717, 1.165) is 0 Å². The molecular formula is C15H19N. The Hall–Kier alpha value is -1.50. The molecule has 0 aliphatic carbocycles. The molecule has 84 valence electrons. The SMILES string of the molecule is CCCCCC=Cc1cccc2cc[nH]c12. The summed E-state index contributed by atoms with van der Waals surface area (Å²) < 4.78 is 0. The Bertz CT molecular complexity index is 465. The number of fused-ring (bicyclic) bond motifs is 1. The molecule has 0 bridgehead atoms. The van der Waals surface area contributed by atoms with Crippen LogP contribution < -0.4 is 0 Å². The second kappa shape index (κ2) is 5.55. The number of nitrogens with one attached hydrogen (secondary N) is 1. The van der Waals surface area contributed by atoms with Crippen molar-refractivity contribution >= 4 is 17.0 Å². The summed E-state index contributed by atoms with van der Waals surface area (Å²) in [4.78, 5) is 3.29. The van der Waals surface area contributed by atoms with Gasteiger partial charge in [0.15, 0.2) is 0 Å². The third-order valence-electron chi connectivity index (χ3n) is 2.89. The van der Waals surface area contributed by atoms with Crippen LogP contribution in [0.25, 0.3) is 17.0 Å². The zero-order valence-electron chi connectivity index (χ0n) is 9.87. The Morgan fingerprint density at radius 1 is 1.19 bits per heavy atom. The molecule has 0 saturated carbocycles. The van der Waals surface area contributed by atoms with Crippen molar-refractivity contribution in [3.8, 4) is 0 Å². The second-order valence-corrected chi connectivity index (χ2v) is 4.19. The minimum Gasteiger partial charge on any atom is -0.361 e. The van der Waals surface area contributed by atoms with Crippen LogP contribution in [-0.4, -0.2) is 4.98 Å². The van der Waals surface area contributed by atoms with Gasteiger partial charge in [-0.15, -0.1) is 0 Å². The van der Waals surface area contributed by atoms with Crippen LogP contribution in [0.2, 0.25) is 0 Å². The van der Waals surface area contributed by atoms with Gasteiger partial charge in [0.2, 0.25) is 0 Å². The van der Waals surface area contributed by atoms with Gasteiger partial charge in [-0.05, 0) is 29.9 Å². The number of rotatable bonds is 5. The van der Waals surface area contributed by atoms with Crippen LogP contribution in [0.5, 0.6) is 0 Å². The summed E-state index contributed by atoms with van der Waals surface area (Å²) in [6.07, 6.45) is 11.6. The molecule has 0 unspecified atom stereocenters. The number of hydrogen-bond donors (Lipinski definition) is 1. The summed E-state index contributed by atoms with van der Waals surface area (Å²) in [6.45, 7) is 2.24. The maximum atomic E-state index is 3.29. The van der Waals surface area contributed by atoms with E-state index in [1.165, 1.54) is 42.1 Å². The van der Waals surface area contributed by atoms with E-state index in [2.05, 4.69) is 48.3 Å². The van der Waals surface area contributed by atoms with Crippen LogP contribution in [0.1, 0.15) is 38.2 Å². The largest absolute Gasteiger partial charge is 0.361 e. The van der Waals surface area contributed by atoms with E-state index >= 15 is 0 Å². The summed E-state index contributed by atoms with van der Waals surface area (Å²) >= 11 is 0. The number of unbranched alkanes of at least 4 members (excludes halogenated alkanes) is 3. The number of para-hydroxylation sites is 1. The van der Waals surface area contributed by atoms with Gasteiger partial charge in [0.1, 0.15) is 0 Å². The third-order valence-corrected chi connectivity index (χ3v) is 2.89. The van der Waals surface area contributed by atoms with Crippen molar-refractivity contribution in [2.75, 3.05) is 0 Å². The maximum absolute atomic E-state index is 3.29. The molecule has 1 nitrogen and oxygen atoms in total. The highest BCUT2D eigenvalue weighted by molar-refractivity contribution is 5.87. The predicted molar refractivity (Wildman–Crippen MR) is 71.5 cm³/mol. The van der Waals surface area contributed by atoms with Crippen molar-refractivity contribution in [1.82, 2.24) is 4.98 Å². The molecule has 0 atom stereocenters. The first-order valence-corrected chi connectivity index (χ1v) is 6.14. The molecule has 0 radical (unpaired) electrons. The summed E-state index contributed by atoms with van der Waals surface area (Å²) in [5.74, 6) is 0. The maximum Gasteiger partial charge on any atom is 0.0527 e. The van der Waals surface area contributed by atoms with Crippen LogP contribution in [0.15, 0.2) is 36.5 Å². The number of H-pyrrole nitrogens is 1. The van der Waals surface area contributed by atoms with E-state index in [1.54, 1.807) is 0 Å². The molecule has 1 heterocycles. The lowest BCUT2D eigenvalue weighted by Crippen LogP contribution is -1.76. The second-order valence-electron chi connectivity index (χ2n) is 4.19. The molecular weight excluding hydrogens is 194 g/mol. The van der Waals surface area contributed by atoms with Crippen LogP contribution in [0.3, 0.4) is 0 Å². The van der Waals surface area contributed by atoms with E-state index in [4.69, 9.17) is 0 Å². The van der Waals surface area contributed by atoms with Crippen LogP contribution >= 0.6 is 0 Å². The normalized spacial score (nSPS) is 11.6. The number of benzene rings is 1. The molecule has 1 N–H and O–H groups in total. The van der Waals surface area contributed by atoms with Crippen molar-refractivity contribution in [3.63, 3.8) is 0 Å². The Labute approximate surface area is 97.2 Å². The lowest BCUT2D eigenvalue weighted by atomic mass is 10.1. The van der Waals surface area contributed by atoms with Crippen LogP contribution in [-0.2, 0) is 0 Å². The van der Waals surface area contributed by atoms with Crippen molar-refractivity contribution in [2.45, 2.75) is 32.6 Å². The molecule has 0 fully saturated rings. The quantitative estimate of drug-likeness (QED) is 0.689. The van der Waals surface area contributed by atoms with Crippen molar-refractivity contribution < 1.29 is 0 Å². The van der Waals surface area contributed by atoms with E-state index in [-0.39, 0.29) is 0 Å². The van der Waals surface area contributed by atoms with Crippen LogP contribution in [0, 0.1) is 0 Å². The van der Waals surface area contributed by atoms with E-state index in [1.807, 2.05) is 6.20 Å². The molecule has 1 aromatic heterocycles. The summed E-state index contributed by atoms with van der Waals surface area (Å²) in [6, 6.07) is 8.53. The Morgan fingerprint density at radius 3 is 3.00 bits per heavy atom. The van der Waals surface area contributed by atoms with Gasteiger partial charge in [0.25, 0.3) is 0 Å². The highest BCUT2D eigenvalue weighted by Gasteiger charge is 1.96. The zero-order valence-corrected chi connectivity index (χ0v) is 9.87. The fourth-order valence-corrected chi connectivity index (χ4v) is 1.97. The molecule has 0 aliphatic rings. The monoisotopic (exact) mass is 213 g/mol. The zero-order chi connectivity index (χ0) is 11.2. The fraction of sp³-hybridized carbons (Fsp3) is 0.333. The molecule has 2 rings (SSSR count). The highest BCUT2D eigenvalue weighted by atomic mass is 14.7. The van der Waals surface area contributed by atoms with E-state index < -0.39 is 0 Å². The topological polar surface area (TPSA) is 15.8 Å². The van der Waals surface area contributed by atoms with Gasteiger partial charge in [-0.1, -0.05) is 50.1 Å². The van der Waals surface area contributed by atoms with Crippen molar-refractivity contribution in [2.24, 2.45) is 0 Å². The lowest BCUT2D eigenvalue weighted by molar-refractivity contribution is 0.730. The lowest BCUT2D eigenvalue weighted by Gasteiger charge is -1.97. The summed E-state index contributed by atoms with van der Waals surface area (Å²) in [5, 5.41) is 1.29. The molecule has 16 heavy (non-hydrogen) atoms. The summed E-state index contributed by atoms with van der Waals surface area (Å²) in [5.41, 5.74) is 2.54. The van der Waals surface area contributed by atoms with Gasteiger partial charge in [-0.2, -0.15) is 0 Å². The first-order chi connectivity index (χ1) is 7.92. The number of allylic oxidation sites excluding steroid dienone is 1. The average Bonchev–Trinajstić information content (AvgIpc) is 2.77. The molecule has 2 aromatic rings. The van der Waals surface area contributed by atoms with E-state index in [9.17, 15) is 0 Å². The minimum absolute atomic E-state index is 1.19. The van der Waals surface area contributed by atoms with Gasteiger partial charge in [0, 0.05) is 6.20 Å². The Kier molecular flexibility index (Phi) is 3.81. The van der Waals surface area contributed by atoms with Gasteiger partial charge < -0.3 is 4.98 Å². The van der Waals surface area contributed by atoms with Gasteiger partial charge >= 0.3 is 0 Å². The Balaban J connectivity index is 2.06. The average molecular weight is 213 g/mol. The smallest absolute Gasteiger partial charge is 0.0527 e. The highest BCUT2D eigenvalue weighted by Crippen LogP contribution is 2.18. The first kappa shape index (κ1) is 11.0. The van der Waals surface area contributed by atoms with E-state index in [0.29, 0.717) is 0 Å². The Morgan fingerprint density at radius 2 is 2.12 bits per heavy atom. The third kappa shape index (κ3) is 2.54. The van der Waals surface area contributed by atoms with Crippen LogP contribution in [0.4, 0.5) is 0 Å². The molecule has 1 aromatic carbocycles. The minimum atomic E-state index is 1.19. The predicted octanol–water partition coefficient (Wildman–Crippen LogP) is 4.76. The van der Waals surface area contributed by atoms with Gasteiger partial charge in [-0.25, -0.2) is 0 Å². The standard InChI is InChI=1S/C15H19N/c1-2-3-4-5-6-8-13-9-7-10-14-11-12-16-15(13)14/h6-12,16H,2-5H2,1H3. The van der Waals surface area contributed by atoms with Gasteiger partial charge in [0.05, 0.1) is 5.52 Å². The number of hydrogen-bond acceptors (Lipinski definition) is 0. The number of aromatic nitrogens is 1.